The lowest BCUT2D eigenvalue weighted by Gasteiger charge is -2.09. The fourth-order valence-corrected chi connectivity index (χ4v) is 3.04. The molecule has 2 aromatic carbocycles. The lowest BCUT2D eigenvalue weighted by atomic mass is 10.2. The zero-order chi connectivity index (χ0) is 17.7. The molecular formula is C16H17ClN2O4S. The van der Waals surface area contributed by atoms with Crippen LogP contribution >= 0.6 is 11.6 Å². The maximum Gasteiger partial charge on any atom is 0.241 e. The predicted molar refractivity (Wildman–Crippen MR) is 93.0 cm³/mol. The monoisotopic (exact) mass is 368 g/mol. The highest BCUT2D eigenvalue weighted by Gasteiger charge is 2.15. The third kappa shape index (κ3) is 4.70. The molecule has 0 aliphatic rings. The van der Waals surface area contributed by atoms with Gasteiger partial charge in [0.2, 0.25) is 15.9 Å². The van der Waals surface area contributed by atoms with E-state index in [4.69, 9.17) is 16.3 Å². The first-order chi connectivity index (χ1) is 11.3. The summed E-state index contributed by atoms with van der Waals surface area (Å²) >= 11 is 5.98. The van der Waals surface area contributed by atoms with Crippen LogP contribution < -0.4 is 14.8 Å². The maximum absolute atomic E-state index is 12.1. The van der Waals surface area contributed by atoms with E-state index >= 15 is 0 Å². The molecule has 0 radical (unpaired) electrons. The number of nitrogens with one attached hydrogen (secondary N) is 2. The minimum atomic E-state index is -3.78. The first-order valence-corrected chi connectivity index (χ1v) is 8.87. The Labute approximate surface area is 145 Å². The molecule has 0 aromatic heterocycles. The number of anilines is 1. The average Bonchev–Trinajstić information content (AvgIpc) is 2.56. The lowest BCUT2D eigenvalue weighted by molar-refractivity contribution is -0.115. The molecule has 24 heavy (non-hydrogen) atoms. The van der Waals surface area contributed by atoms with Gasteiger partial charge in [-0.05, 0) is 48.9 Å². The molecule has 0 spiro atoms. The van der Waals surface area contributed by atoms with E-state index in [2.05, 4.69) is 10.0 Å². The highest BCUT2D eigenvalue weighted by atomic mass is 35.5. The molecule has 2 rings (SSSR count). The number of hydrogen-bond acceptors (Lipinski definition) is 4. The smallest absolute Gasteiger partial charge is 0.241 e. The van der Waals surface area contributed by atoms with Crippen LogP contribution in [-0.4, -0.2) is 28.0 Å². The topological polar surface area (TPSA) is 84.5 Å². The van der Waals surface area contributed by atoms with Gasteiger partial charge in [0.15, 0.2) is 0 Å². The Morgan fingerprint density at radius 3 is 2.42 bits per heavy atom. The van der Waals surface area contributed by atoms with E-state index in [1.165, 1.54) is 31.4 Å². The minimum absolute atomic E-state index is 0.0504. The van der Waals surface area contributed by atoms with E-state index < -0.39 is 15.9 Å². The Morgan fingerprint density at radius 1 is 1.17 bits per heavy atom. The number of rotatable bonds is 6. The molecule has 0 aliphatic carbocycles. The third-order valence-corrected chi connectivity index (χ3v) is 5.07. The summed E-state index contributed by atoms with van der Waals surface area (Å²) < 4.78 is 31.5. The van der Waals surface area contributed by atoms with Gasteiger partial charge >= 0.3 is 0 Å². The van der Waals surface area contributed by atoms with Crippen molar-refractivity contribution in [1.82, 2.24) is 4.72 Å². The number of sulfonamides is 1. The third-order valence-electron chi connectivity index (χ3n) is 3.25. The molecular weight excluding hydrogens is 352 g/mol. The number of ether oxygens (including phenoxy) is 1. The van der Waals surface area contributed by atoms with Crippen molar-refractivity contribution in [2.45, 2.75) is 11.8 Å². The molecule has 0 fully saturated rings. The van der Waals surface area contributed by atoms with Crippen molar-refractivity contribution < 1.29 is 17.9 Å². The van der Waals surface area contributed by atoms with Crippen LogP contribution in [-0.2, 0) is 14.8 Å². The van der Waals surface area contributed by atoms with Gasteiger partial charge in [0.05, 0.1) is 18.6 Å². The zero-order valence-electron chi connectivity index (χ0n) is 13.2. The summed E-state index contributed by atoms with van der Waals surface area (Å²) in [6, 6.07) is 10.9. The van der Waals surface area contributed by atoms with E-state index in [0.29, 0.717) is 16.5 Å². The van der Waals surface area contributed by atoms with E-state index in [1.807, 2.05) is 6.92 Å². The number of aryl methyl sites for hydroxylation is 1. The maximum atomic E-state index is 12.1. The summed E-state index contributed by atoms with van der Waals surface area (Å²) in [5, 5.41) is 3.10. The Hall–Kier alpha value is -2.09. The Morgan fingerprint density at radius 2 is 1.83 bits per heavy atom. The second-order valence-corrected chi connectivity index (χ2v) is 7.19. The highest BCUT2D eigenvalue weighted by Crippen LogP contribution is 2.20. The summed E-state index contributed by atoms with van der Waals surface area (Å²) in [7, 11) is -2.29. The van der Waals surface area contributed by atoms with Crippen LogP contribution in [0.5, 0.6) is 5.75 Å². The Kier molecular flexibility index (Phi) is 5.82. The lowest BCUT2D eigenvalue weighted by Crippen LogP contribution is -2.32. The second-order valence-electron chi connectivity index (χ2n) is 5.01. The van der Waals surface area contributed by atoms with Crippen molar-refractivity contribution in [3.63, 3.8) is 0 Å². The number of methoxy groups -OCH3 is 1. The number of carbonyl (C=O) groups excluding carboxylic acids is 1. The van der Waals surface area contributed by atoms with Gasteiger partial charge in [-0.1, -0.05) is 17.7 Å². The summed E-state index contributed by atoms with van der Waals surface area (Å²) in [5.74, 6) is 0.0509. The predicted octanol–water partition coefficient (Wildman–Crippen LogP) is 2.57. The van der Waals surface area contributed by atoms with Gasteiger partial charge in [-0.15, -0.1) is 0 Å². The summed E-state index contributed by atoms with van der Waals surface area (Å²) in [6.45, 7) is 1.46. The highest BCUT2D eigenvalue weighted by molar-refractivity contribution is 7.89. The molecule has 0 saturated carbocycles. The van der Waals surface area contributed by atoms with Crippen molar-refractivity contribution in [1.29, 1.82) is 0 Å². The van der Waals surface area contributed by atoms with Gasteiger partial charge in [-0.25, -0.2) is 13.1 Å². The van der Waals surface area contributed by atoms with Gasteiger partial charge in [-0.3, -0.25) is 4.79 Å². The van der Waals surface area contributed by atoms with Gasteiger partial charge in [0, 0.05) is 10.7 Å². The van der Waals surface area contributed by atoms with Crippen LogP contribution in [0.4, 0.5) is 5.69 Å². The van der Waals surface area contributed by atoms with Crippen molar-refractivity contribution >= 4 is 33.2 Å². The first-order valence-electron chi connectivity index (χ1n) is 7.01. The van der Waals surface area contributed by atoms with Gasteiger partial charge < -0.3 is 10.1 Å². The van der Waals surface area contributed by atoms with Crippen molar-refractivity contribution in [3.8, 4) is 5.75 Å². The molecule has 2 N–H and O–H groups in total. The van der Waals surface area contributed by atoms with Crippen LogP contribution in [0.3, 0.4) is 0 Å². The summed E-state index contributed by atoms with van der Waals surface area (Å²) in [6.07, 6.45) is 0. The molecule has 2 aromatic rings. The molecule has 6 nitrogen and oxygen atoms in total. The quantitative estimate of drug-likeness (QED) is 0.820. The van der Waals surface area contributed by atoms with E-state index in [1.54, 1.807) is 18.2 Å². The van der Waals surface area contributed by atoms with Gasteiger partial charge in [0.25, 0.3) is 0 Å². The van der Waals surface area contributed by atoms with Gasteiger partial charge in [-0.2, -0.15) is 0 Å². The molecule has 0 bridgehead atoms. The molecule has 0 aliphatic heterocycles. The van der Waals surface area contributed by atoms with Crippen LogP contribution in [0.15, 0.2) is 47.4 Å². The van der Waals surface area contributed by atoms with Crippen molar-refractivity contribution in [2.75, 3.05) is 19.0 Å². The standard InChI is InChI=1S/C16H17ClN2O4S/c1-11-3-4-12(9-15(11)17)19-16(20)10-18-24(21,22)14-7-5-13(23-2)6-8-14/h3-9,18H,10H2,1-2H3,(H,19,20). The number of benzene rings is 2. The van der Waals surface area contributed by atoms with Gasteiger partial charge in [0.1, 0.15) is 5.75 Å². The van der Waals surface area contributed by atoms with E-state index in [9.17, 15) is 13.2 Å². The molecule has 0 unspecified atom stereocenters. The average molecular weight is 369 g/mol. The SMILES string of the molecule is COc1ccc(S(=O)(=O)NCC(=O)Nc2ccc(C)c(Cl)c2)cc1. The molecule has 1 amide bonds. The molecule has 128 valence electrons. The van der Waals surface area contributed by atoms with E-state index in [-0.39, 0.29) is 11.4 Å². The van der Waals surface area contributed by atoms with Crippen molar-refractivity contribution in [3.05, 3.63) is 53.1 Å². The number of hydrogen-bond donors (Lipinski definition) is 2. The minimum Gasteiger partial charge on any atom is -0.497 e. The molecule has 0 saturated heterocycles. The Balaban J connectivity index is 1.97. The van der Waals surface area contributed by atoms with Crippen LogP contribution in [0.2, 0.25) is 5.02 Å². The number of halogens is 1. The number of amides is 1. The van der Waals surface area contributed by atoms with E-state index in [0.717, 1.165) is 5.56 Å². The summed E-state index contributed by atoms with van der Waals surface area (Å²) in [4.78, 5) is 11.9. The summed E-state index contributed by atoms with van der Waals surface area (Å²) in [5.41, 5.74) is 1.38. The largest absolute Gasteiger partial charge is 0.497 e. The zero-order valence-corrected chi connectivity index (χ0v) is 14.7. The fraction of sp³-hybridized carbons (Fsp3) is 0.188. The van der Waals surface area contributed by atoms with Crippen LogP contribution in [0.1, 0.15) is 5.56 Å². The van der Waals surface area contributed by atoms with Crippen LogP contribution in [0, 0.1) is 6.92 Å². The molecule has 0 atom stereocenters. The second kappa shape index (κ2) is 7.65. The number of carbonyl (C=O) groups is 1. The fourth-order valence-electron chi connectivity index (χ4n) is 1.87. The molecule has 8 heteroatoms. The van der Waals surface area contributed by atoms with Crippen molar-refractivity contribution in [2.24, 2.45) is 0 Å². The van der Waals surface area contributed by atoms with Crippen LogP contribution in [0.25, 0.3) is 0 Å². The first kappa shape index (κ1) is 18.3. The normalized spacial score (nSPS) is 11.1. The molecule has 0 heterocycles. The Bertz CT molecular complexity index is 836.